The molecule has 0 aliphatic heterocycles. The maximum Gasteiger partial charge on any atom is 0.344 e. The van der Waals surface area contributed by atoms with E-state index in [-0.39, 0.29) is 6.04 Å². The van der Waals surface area contributed by atoms with E-state index >= 15 is 0 Å². The zero-order valence-electron chi connectivity index (χ0n) is 10.5. The van der Waals surface area contributed by atoms with Crippen LogP contribution in [0.3, 0.4) is 0 Å². The van der Waals surface area contributed by atoms with Crippen LogP contribution in [0.1, 0.15) is 25.8 Å². The highest BCUT2D eigenvalue weighted by Gasteiger charge is 2.17. The Bertz CT molecular complexity index is 423. The van der Waals surface area contributed by atoms with Gasteiger partial charge in [-0.3, -0.25) is 0 Å². The number of hydrogen-bond donors (Lipinski definition) is 2. The molecule has 3 N–H and O–H groups in total. The van der Waals surface area contributed by atoms with Crippen molar-refractivity contribution >= 4 is 21.9 Å². The maximum atomic E-state index is 10.8. The van der Waals surface area contributed by atoms with Crippen molar-refractivity contribution in [1.29, 1.82) is 0 Å². The number of benzene rings is 1. The van der Waals surface area contributed by atoms with Gasteiger partial charge in [0.05, 0.1) is 4.47 Å². The molecule has 0 amide bonds. The number of carboxylic acid groups (broad SMARTS) is 1. The fourth-order valence-electron chi connectivity index (χ4n) is 1.50. The van der Waals surface area contributed by atoms with Crippen LogP contribution in [0.2, 0.25) is 0 Å². The van der Waals surface area contributed by atoms with Crippen molar-refractivity contribution in [3.63, 3.8) is 0 Å². The van der Waals surface area contributed by atoms with Crippen molar-refractivity contribution in [2.75, 3.05) is 0 Å². The minimum absolute atomic E-state index is 0.0433. The van der Waals surface area contributed by atoms with Crippen molar-refractivity contribution in [3.8, 4) is 5.75 Å². The highest BCUT2D eigenvalue weighted by Crippen LogP contribution is 2.31. The third-order valence-corrected chi connectivity index (χ3v) is 3.32. The standard InChI is InChI=1S/C13H18BrNO3/c1-3-10(15)7-9-5-4-6-11(14)12(9)18-8(2)13(16)17/h4-6,8,10H,3,7,15H2,1-2H3,(H,16,17). The van der Waals surface area contributed by atoms with E-state index < -0.39 is 12.1 Å². The lowest BCUT2D eigenvalue weighted by molar-refractivity contribution is -0.144. The lowest BCUT2D eigenvalue weighted by atomic mass is 10.0. The molecule has 0 aliphatic rings. The van der Waals surface area contributed by atoms with Crippen LogP contribution < -0.4 is 10.5 Å². The average Bonchev–Trinajstić information content (AvgIpc) is 2.32. The third kappa shape index (κ3) is 3.99. The van der Waals surface area contributed by atoms with E-state index in [0.29, 0.717) is 12.2 Å². The van der Waals surface area contributed by atoms with Gasteiger partial charge in [0.1, 0.15) is 5.75 Å². The van der Waals surface area contributed by atoms with E-state index in [0.717, 1.165) is 16.5 Å². The highest BCUT2D eigenvalue weighted by atomic mass is 79.9. The molecule has 0 heterocycles. The van der Waals surface area contributed by atoms with E-state index in [1.807, 2.05) is 25.1 Å². The second kappa shape index (κ2) is 6.75. The first-order chi connectivity index (χ1) is 8.45. The Hall–Kier alpha value is -1.07. The van der Waals surface area contributed by atoms with Gasteiger partial charge in [-0.2, -0.15) is 0 Å². The van der Waals surface area contributed by atoms with Crippen molar-refractivity contribution in [1.82, 2.24) is 0 Å². The Labute approximate surface area is 115 Å². The number of hydrogen-bond acceptors (Lipinski definition) is 3. The van der Waals surface area contributed by atoms with Crippen LogP contribution in [0, 0.1) is 0 Å². The number of para-hydroxylation sites is 1. The number of ether oxygens (including phenoxy) is 1. The van der Waals surface area contributed by atoms with Gasteiger partial charge in [-0.15, -0.1) is 0 Å². The van der Waals surface area contributed by atoms with Crippen LogP contribution in [0.25, 0.3) is 0 Å². The van der Waals surface area contributed by atoms with Crippen LogP contribution in [-0.2, 0) is 11.2 Å². The number of aliphatic carboxylic acids is 1. The molecule has 5 heteroatoms. The Balaban J connectivity index is 2.97. The summed E-state index contributed by atoms with van der Waals surface area (Å²) in [5, 5.41) is 8.89. The predicted molar refractivity (Wildman–Crippen MR) is 73.8 cm³/mol. The molecule has 0 aliphatic carbocycles. The van der Waals surface area contributed by atoms with Crippen LogP contribution in [0.4, 0.5) is 0 Å². The number of carbonyl (C=O) groups is 1. The summed E-state index contributed by atoms with van der Waals surface area (Å²) in [4.78, 5) is 10.8. The quantitative estimate of drug-likeness (QED) is 0.846. The lowest BCUT2D eigenvalue weighted by Gasteiger charge is -2.17. The molecule has 0 bridgehead atoms. The van der Waals surface area contributed by atoms with Crippen molar-refractivity contribution in [2.24, 2.45) is 5.73 Å². The molecule has 0 aromatic heterocycles. The lowest BCUT2D eigenvalue weighted by Crippen LogP contribution is -2.25. The van der Waals surface area contributed by atoms with Gasteiger partial charge in [-0.25, -0.2) is 4.79 Å². The van der Waals surface area contributed by atoms with Crippen LogP contribution in [0.15, 0.2) is 22.7 Å². The Morgan fingerprint density at radius 1 is 1.56 bits per heavy atom. The largest absolute Gasteiger partial charge is 0.479 e. The van der Waals surface area contributed by atoms with Gasteiger partial charge in [0.15, 0.2) is 6.10 Å². The normalized spacial score (nSPS) is 14.0. The number of halogens is 1. The van der Waals surface area contributed by atoms with E-state index in [2.05, 4.69) is 15.9 Å². The molecule has 100 valence electrons. The molecule has 1 rings (SSSR count). The van der Waals surface area contributed by atoms with Gasteiger partial charge >= 0.3 is 5.97 Å². The van der Waals surface area contributed by atoms with Gasteiger partial charge < -0.3 is 15.6 Å². The summed E-state index contributed by atoms with van der Waals surface area (Å²) in [6.07, 6.45) is 0.637. The van der Waals surface area contributed by atoms with Crippen molar-refractivity contribution in [3.05, 3.63) is 28.2 Å². The minimum atomic E-state index is -0.989. The first kappa shape index (κ1) is 15.0. The molecular formula is C13H18BrNO3. The molecular weight excluding hydrogens is 298 g/mol. The van der Waals surface area contributed by atoms with Gasteiger partial charge in [0, 0.05) is 6.04 Å². The zero-order valence-corrected chi connectivity index (χ0v) is 12.1. The number of nitrogens with two attached hydrogens (primary N) is 1. The van der Waals surface area contributed by atoms with Gasteiger partial charge in [-0.05, 0) is 47.3 Å². The van der Waals surface area contributed by atoms with Gasteiger partial charge in [0.2, 0.25) is 0 Å². The fraction of sp³-hybridized carbons (Fsp3) is 0.462. The zero-order chi connectivity index (χ0) is 13.7. The average molecular weight is 316 g/mol. The van der Waals surface area contributed by atoms with E-state index in [1.54, 1.807) is 0 Å². The molecule has 1 aromatic carbocycles. The smallest absolute Gasteiger partial charge is 0.344 e. The molecule has 18 heavy (non-hydrogen) atoms. The summed E-state index contributed by atoms with van der Waals surface area (Å²) < 4.78 is 6.23. The minimum Gasteiger partial charge on any atom is -0.479 e. The molecule has 2 unspecified atom stereocenters. The van der Waals surface area contributed by atoms with Crippen molar-refractivity contribution < 1.29 is 14.6 Å². The van der Waals surface area contributed by atoms with Crippen LogP contribution in [0.5, 0.6) is 5.75 Å². The van der Waals surface area contributed by atoms with Crippen LogP contribution in [-0.4, -0.2) is 23.2 Å². The molecule has 1 aromatic rings. The summed E-state index contributed by atoms with van der Waals surface area (Å²) in [5.74, 6) is -0.423. The summed E-state index contributed by atoms with van der Waals surface area (Å²) in [6, 6.07) is 5.66. The SMILES string of the molecule is CCC(N)Cc1cccc(Br)c1OC(C)C(=O)O. The molecule has 2 atom stereocenters. The molecule has 4 nitrogen and oxygen atoms in total. The Kier molecular flexibility index (Phi) is 5.62. The molecule has 0 saturated heterocycles. The Morgan fingerprint density at radius 2 is 2.22 bits per heavy atom. The topological polar surface area (TPSA) is 72.5 Å². The molecule has 0 spiro atoms. The summed E-state index contributed by atoms with van der Waals surface area (Å²) in [6.45, 7) is 3.52. The molecule has 0 radical (unpaired) electrons. The Morgan fingerprint density at radius 3 is 2.78 bits per heavy atom. The summed E-state index contributed by atoms with van der Waals surface area (Å²) in [5.41, 5.74) is 6.85. The van der Waals surface area contributed by atoms with Crippen LogP contribution >= 0.6 is 15.9 Å². The molecule has 0 fully saturated rings. The maximum absolute atomic E-state index is 10.8. The van der Waals surface area contributed by atoms with E-state index in [9.17, 15) is 4.79 Å². The fourth-order valence-corrected chi connectivity index (χ4v) is 2.00. The highest BCUT2D eigenvalue weighted by molar-refractivity contribution is 9.10. The van der Waals surface area contributed by atoms with E-state index in [4.69, 9.17) is 15.6 Å². The van der Waals surface area contributed by atoms with E-state index in [1.165, 1.54) is 6.92 Å². The first-order valence-electron chi connectivity index (χ1n) is 5.88. The second-order valence-corrected chi connectivity index (χ2v) is 5.05. The van der Waals surface area contributed by atoms with Gasteiger partial charge in [0.25, 0.3) is 0 Å². The first-order valence-corrected chi connectivity index (χ1v) is 6.67. The summed E-state index contributed by atoms with van der Waals surface area (Å²) in [7, 11) is 0. The summed E-state index contributed by atoms with van der Waals surface area (Å²) >= 11 is 3.38. The third-order valence-electron chi connectivity index (χ3n) is 2.70. The second-order valence-electron chi connectivity index (χ2n) is 4.20. The van der Waals surface area contributed by atoms with Crippen molar-refractivity contribution in [2.45, 2.75) is 38.8 Å². The van der Waals surface area contributed by atoms with Gasteiger partial charge in [-0.1, -0.05) is 19.1 Å². The number of carboxylic acids is 1. The predicted octanol–water partition coefficient (Wildman–Crippen LogP) is 2.58. The molecule has 0 saturated carbocycles. The number of rotatable bonds is 6. The monoisotopic (exact) mass is 315 g/mol.